The van der Waals surface area contributed by atoms with Crippen molar-refractivity contribution in [1.29, 1.82) is 0 Å². The van der Waals surface area contributed by atoms with Gasteiger partial charge in [0, 0.05) is 33.8 Å². The van der Waals surface area contributed by atoms with E-state index in [0.717, 1.165) is 19.4 Å². The molecule has 1 aliphatic heterocycles. The second kappa shape index (κ2) is 12.0. The normalized spacial score (nSPS) is 17.4. The summed E-state index contributed by atoms with van der Waals surface area (Å²) < 4.78 is 11.1. The van der Waals surface area contributed by atoms with Crippen molar-refractivity contribution in [2.24, 2.45) is 4.99 Å². The lowest BCUT2D eigenvalue weighted by Crippen LogP contribution is -2.57. The third kappa shape index (κ3) is 9.65. The highest BCUT2D eigenvalue weighted by Gasteiger charge is 2.31. The zero-order chi connectivity index (χ0) is 22.8. The van der Waals surface area contributed by atoms with E-state index >= 15 is 0 Å². The molecule has 1 heterocycles. The Balaban J connectivity index is 2.80. The quantitative estimate of drug-likeness (QED) is 0.383. The average Bonchev–Trinajstić information content (AvgIpc) is 3.18. The third-order valence-electron chi connectivity index (χ3n) is 5.11. The van der Waals surface area contributed by atoms with E-state index in [0.29, 0.717) is 31.9 Å². The molecule has 0 radical (unpaired) electrons. The summed E-state index contributed by atoms with van der Waals surface area (Å²) in [7, 11) is 3.41. The lowest BCUT2D eigenvalue weighted by molar-refractivity contribution is -0.127. The van der Waals surface area contributed by atoms with Crippen LogP contribution >= 0.6 is 0 Å². The van der Waals surface area contributed by atoms with E-state index < -0.39 is 17.2 Å². The highest BCUT2D eigenvalue weighted by Crippen LogP contribution is 2.16. The largest absolute Gasteiger partial charge is 0.444 e. The van der Waals surface area contributed by atoms with Crippen LogP contribution in [0.2, 0.25) is 0 Å². The molecule has 1 aliphatic rings. The molecular formula is C21H41N5O4. The molecule has 0 aliphatic carbocycles. The maximum absolute atomic E-state index is 12.4. The summed E-state index contributed by atoms with van der Waals surface area (Å²) in [6, 6.07) is 0. The Morgan fingerprint density at radius 3 is 2.33 bits per heavy atom. The van der Waals surface area contributed by atoms with E-state index in [9.17, 15) is 9.59 Å². The van der Waals surface area contributed by atoms with Crippen LogP contribution in [0.3, 0.4) is 0 Å². The van der Waals surface area contributed by atoms with Crippen LogP contribution in [0.4, 0.5) is 4.79 Å². The monoisotopic (exact) mass is 427 g/mol. The molecule has 0 aromatic rings. The molecule has 1 atom stereocenters. The van der Waals surface area contributed by atoms with Gasteiger partial charge < -0.3 is 30.3 Å². The van der Waals surface area contributed by atoms with E-state index in [-0.39, 0.29) is 18.6 Å². The lowest BCUT2D eigenvalue weighted by atomic mass is 9.93. The minimum Gasteiger partial charge on any atom is -0.444 e. The van der Waals surface area contributed by atoms with Crippen molar-refractivity contribution in [3.05, 3.63) is 0 Å². The number of rotatable bonds is 9. The van der Waals surface area contributed by atoms with Gasteiger partial charge in [0.25, 0.3) is 0 Å². The SMILES string of the molecule is CCC(CC)(CNC(=NCC(=O)N(C)C)NCC1CCCO1)NC(=O)OC(C)(C)C. The molecular weight excluding hydrogens is 386 g/mol. The van der Waals surface area contributed by atoms with Gasteiger partial charge >= 0.3 is 6.09 Å². The van der Waals surface area contributed by atoms with Crippen LogP contribution < -0.4 is 16.0 Å². The predicted molar refractivity (Wildman–Crippen MR) is 119 cm³/mol. The topological polar surface area (TPSA) is 104 Å². The molecule has 9 nitrogen and oxygen atoms in total. The summed E-state index contributed by atoms with van der Waals surface area (Å²) in [5.41, 5.74) is -1.06. The molecule has 1 unspecified atom stereocenters. The highest BCUT2D eigenvalue weighted by atomic mass is 16.6. The number of nitrogens with zero attached hydrogens (tertiary/aromatic N) is 2. The van der Waals surface area contributed by atoms with Gasteiger partial charge in [-0.1, -0.05) is 13.8 Å². The summed E-state index contributed by atoms with van der Waals surface area (Å²) in [5, 5.41) is 9.57. The third-order valence-corrected chi connectivity index (χ3v) is 5.11. The highest BCUT2D eigenvalue weighted by molar-refractivity contribution is 5.84. The Morgan fingerprint density at radius 1 is 1.17 bits per heavy atom. The summed E-state index contributed by atoms with van der Waals surface area (Å²) in [6.45, 7) is 11.4. The molecule has 1 rings (SSSR count). The number of likely N-dealkylation sites (N-methyl/N-ethyl adjacent to an activating group) is 1. The maximum Gasteiger partial charge on any atom is 0.408 e. The van der Waals surface area contributed by atoms with Gasteiger partial charge in [0.05, 0.1) is 11.6 Å². The van der Waals surface area contributed by atoms with Crippen LogP contribution in [0.1, 0.15) is 60.3 Å². The van der Waals surface area contributed by atoms with Crippen molar-refractivity contribution in [2.45, 2.75) is 77.5 Å². The summed E-state index contributed by atoms with van der Waals surface area (Å²) in [6.07, 6.45) is 3.19. The van der Waals surface area contributed by atoms with Gasteiger partial charge in [-0.3, -0.25) is 4.79 Å². The van der Waals surface area contributed by atoms with Gasteiger partial charge in [-0.25, -0.2) is 9.79 Å². The number of nitrogens with one attached hydrogen (secondary N) is 3. The zero-order valence-electron chi connectivity index (χ0n) is 19.8. The van der Waals surface area contributed by atoms with Gasteiger partial charge in [-0.05, 0) is 46.5 Å². The molecule has 0 aromatic carbocycles. The summed E-state index contributed by atoms with van der Waals surface area (Å²) in [4.78, 5) is 30.2. The van der Waals surface area contributed by atoms with Crippen LogP contribution in [-0.2, 0) is 14.3 Å². The molecule has 0 spiro atoms. The van der Waals surface area contributed by atoms with E-state index in [1.54, 1.807) is 14.1 Å². The van der Waals surface area contributed by atoms with Crippen molar-refractivity contribution in [2.75, 3.05) is 40.3 Å². The first-order chi connectivity index (χ1) is 14.0. The van der Waals surface area contributed by atoms with E-state index in [1.165, 1.54) is 4.90 Å². The van der Waals surface area contributed by atoms with Crippen LogP contribution in [-0.4, -0.2) is 80.4 Å². The standard InChI is InChI=1S/C21H41N5O4/c1-8-21(9-2,25-19(28)30-20(3,4)5)15-24-18(23-14-17(27)26(6)7)22-13-16-11-10-12-29-16/h16H,8-15H2,1-7H3,(H,25,28)(H2,22,23,24). The van der Waals surface area contributed by atoms with Crippen molar-refractivity contribution < 1.29 is 19.1 Å². The number of ether oxygens (including phenoxy) is 2. The predicted octanol–water partition coefficient (Wildman–Crippen LogP) is 1.87. The fraction of sp³-hybridized carbons (Fsp3) is 0.857. The van der Waals surface area contributed by atoms with Crippen LogP contribution in [0.25, 0.3) is 0 Å². The number of alkyl carbamates (subject to hydrolysis) is 1. The van der Waals surface area contributed by atoms with Gasteiger partial charge in [0.1, 0.15) is 12.1 Å². The molecule has 3 N–H and O–H groups in total. The van der Waals surface area contributed by atoms with Crippen molar-refractivity contribution in [3.63, 3.8) is 0 Å². The maximum atomic E-state index is 12.4. The Labute approximate surface area is 181 Å². The number of hydrogen-bond donors (Lipinski definition) is 3. The Hall–Kier alpha value is -2.03. The number of guanidine groups is 1. The second-order valence-corrected chi connectivity index (χ2v) is 8.94. The molecule has 174 valence electrons. The molecule has 1 fully saturated rings. The number of carbonyl (C=O) groups is 2. The summed E-state index contributed by atoms with van der Waals surface area (Å²) in [5.74, 6) is 0.440. The van der Waals surface area contributed by atoms with Crippen molar-refractivity contribution >= 4 is 18.0 Å². The fourth-order valence-corrected chi connectivity index (χ4v) is 2.97. The van der Waals surface area contributed by atoms with Crippen LogP contribution in [0.5, 0.6) is 0 Å². The first-order valence-electron chi connectivity index (χ1n) is 10.9. The first kappa shape index (κ1) is 26.0. The number of hydrogen-bond acceptors (Lipinski definition) is 5. The second-order valence-electron chi connectivity index (χ2n) is 8.94. The van der Waals surface area contributed by atoms with E-state index in [4.69, 9.17) is 9.47 Å². The fourth-order valence-electron chi connectivity index (χ4n) is 2.97. The van der Waals surface area contributed by atoms with Crippen molar-refractivity contribution in [1.82, 2.24) is 20.9 Å². The zero-order valence-corrected chi connectivity index (χ0v) is 19.8. The van der Waals surface area contributed by atoms with Crippen LogP contribution in [0, 0.1) is 0 Å². The molecule has 0 aromatic heterocycles. The number of carbonyl (C=O) groups excluding carboxylic acids is 2. The molecule has 1 saturated heterocycles. The summed E-state index contributed by atoms with van der Waals surface area (Å²) >= 11 is 0. The molecule has 30 heavy (non-hydrogen) atoms. The van der Waals surface area contributed by atoms with Crippen LogP contribution in [0.15, 0.2) is 4.99 Å². The molecule has 0 saturated carbocycles. The number of amides is 2. The Kier molecular flexibility index (Phi) is 10.4. The van der Waals surface area contributed by atoms with Gasteiger partial charge in [0.15, 0.2) is 5.96 Å². The smallest absolute Gasteiger partial charge is 0.408 e. The van der Waals surface area contributed by atoms with Gasteiger partial charge in [0.2, 0.25) is 5.91 Å². The van der Waals surface area contributed by atoms with Gasteiger partial charge in [-0.15, -0.1) is 0 Å². The number of aliphatic imine (C=N–C) groups is 1. The van der Waals surface area contributed by atoms with Crippen molar-refractivity contribution in [3.8, 4) is 0 Å². The first-order valence-corrected chi connectivity index (χ1v) is 10.9. The van der Waals surface area contributed by atoms with E-state index in [2.05, 4.69) is 20.9 Å². The Morgan fingerprint density at radius 2 is 1.83 bits per heavy atom. The molecule has 0 bridgehead atoms. The minimum absolute atomic E-state index is 0.0403. The van der Waals surface area contributed by atoms with E-state index in [1.807, 2.05) is 34.6 Å². The molecule has 2 amide bonds. The van der Waals surface area contributed by atoms with Gasteiger partial charge in [-0.2, -0.15) is 0 Å². The Bertz CT molecular complexity index is 576. The lowest BCUT2D eigenvalue weighted by Gasteiger charge is -2.34. The minimum atomic E-state index is -0.563. The molecule has 9 heteroatoms. The average molecular weight is 428 g/mol.